The van der Waals surface area contributed by atoms with E-state index in [0.717, 1.165) is 12.2 Å². The summed E-state index contributed by atoms with van der Waals surface area (Å²) in [4.78, 5) is 4.39. The molecule has 0 aliphatic carbocycles. The first kappa shape index (κ1) is 12.8. The van der Waals surface area contributed by atoms with Crippen molar-refractivity contribution < 1.29 is 0 Å². The molecule has 1 N–H and O–H groups in total. The number of likely N-dealkylation sites (N-methyl/N-ethyl adjacent to an activating group) is 1. The Labute approximate surface area is 109 Å². The van der Waals surface area contributed by atoms with E-state index in [-0.39, 0.29) is 0 Å². The van der Waals surface area contributed by atoms with Crippen LogP contribution in [-0.2, 0) is 13.5 Å². The molecule has 0 aliphatic rings. The van der Waals surface area contributed by atoms with Crippen molar-refractivity contribution in [1.29, 1.82) is 0 Å². The zero-order chi connectivity index (χ0) is 13.1. The van der Waals surface area contributed by atoms with Crippen molar-refractivity contribution in [3.63, 3.8) is 0 Å². The van der Waals surface area contributed by atoms with Gasteiger partial charge in [-0.2, -0.15) is 0 Å². The van der Waals surface area contributed by atoms with Gasteiger partial charge >= 0.3 is 0 Å². The van der Waals surface area contributed by atoms with Crippen molar-refractivity contribution in [3.05, 3.63) is 53.1 Å². The van der Waals surface area contributed by atoms with E-state index in [1.54, 1.807) is 0 Å². The van der Waals surface area contributed by atoms with E-state index >= 15 is 0 Å². The number of hydrogen-bond donors (Lipinski definition) is 1. The van der Waals surface area contributed by atoms with Gasteiger partial charge in [0.1, 0.15) is 5.82 Å². The highest BCUT2D eigenvalue weighted by Crippen LogP contribution is 2.20. The average molecular weight is 243 g/mol. The van der Waals surface area contributed by atoms with Gasteiger partial charge in [0, 0.05) is 31.9 Å². The molecule has 96 valence electrons. The van der Waals surface area contributed by atoms with Gasteiger partial charge in [0.15, 0.2) is 0 Å². The highest BCUT2D eigenvalue weighted by Gasteiger charge is 2.13. The summed E-state index contributed by atoms with van der Waals surface area (Å²) < 4.78 is 2.07. The number of imidazole rings is 1. The highest BCUT2D eigenvalue weighted by atomic mass is 15.0. The van der Waals surface area contributed by atoms with Gasteiger partial charge in [-0.05, 0) is 37.6 Å². The molecule has 1 aromatic carbocycles. The largest absolute Gasteiger partial charge is 0.338 e. The summed E-state index contributed by atoms with van der Waals surface area (Å²) >= 11 is 0. The summed E-state index contributed by atoms with van der Waals surface area (Å²) in [7, 11) is 4.04. The normalized spacial score (nSPS) is 12.7. The molecule has 1 unspecified atom stereocenters. The van der Waals surface area contributed by atoms with Crippen molar-refractivity contribution in [1.82, 2.24) is 14.9 Å². The second-order valence-corrected chi connectivity index (χ2v) is 4.84. The predicted molar refractivity (Wildman–Crippen MR) is 74.6 cm³/mol. The van der Waals surface area contributed by atoms with E-state index < -0.39 is 0 Å². The maximum absolute atomic E-state index is 4.39. The van der Waals surface area contributed by atoms with E-state index in [1.165, 1.54) is 16.7 Å². The third-order valence-corrected chi connectivity index (χ3v) is 3.59. The van der Waals surface area contributed by atoms with Crippen LogP contribution < -0.4 is 5.32 Å². The number of benzene rings is 1. The fourth-order valence-electron chi connectivity index (χ4n) is 2.14. The molecule has 18 heavy (non-hydrogen) atoms. The highest BCUT2D eigenvalue weighted by molar-refractivity contribution is 5.32. The Morgan fingerprint density at radius 2 is 2.06 bits per heavy atom. The van der Waals surface area contributed by atoms with Crippen molar-refractivity contribution >= 4 is 0 Å². The second-order valence-electron chi connectivity index (χ2n) is 4.84. The minimum absolute atomic E-state index is 0.311. The molecule has 0 amide bonds. The van der Waals surface area contributed by atoms with Crippen LogP contribution in [-0.4, -0.2) is 16.6 Å². The molecule has 0 aliphatic heterocycles. The third kappa shape index (κ3) is 2.62. The van der Waals surface area contributed by atoms with Crippen LogP contribution in [0.1, 0.15) is 28.6 Å². The van der Waals surface area contributed by atoms with Crippen LogP contribution in [0.4, 0.5) is 0 Å². The SMILES string of the molecule is CNC(Cc1nccn1C)c1ccc(C)c(C)c1. The molecule has 0 radical (unpaired) electrons. The molecular weight excluding hydrogens is 222 g/mol. The molecule has 1 heterocycles. The van der Waals surface area contributed by atoms with Crippen molar-refractivity contribution in [2.75, 3.05) is 7.05 Å². The zero-order valence-corrected chi connectivity index (χ0v) is 11.6. The first-order chi connectivity index (χ1) is 8.61. The minimum atomic E-state index is 0.311. The molecule has 0 spiro atoms. The molecule has 3 heteroatoms. The van der Waals surface area contributed by atoms with Gasteiger partial charge in [-0.1, -0.05) is 18.2 Å². The lowest BCUT2D eigenvalue weighted by molar-refractivity contribution is 0.563. The minimum Gasteiger partial charge on any atom is -0.338 e. The van der Waals surface area contributed by atoms with Crippen LogP contribution in [0.5, 0.6) is 0 Å². The van der Waals surface area contributed by atoms with Gasteiger partial charge in [0.05, 0.1) is 0 Å². The fourth-order valence-corrected chi connectivity index (χ4v) is 2.14. The second kappa shape index (κ2) is 5.36. The smallest absolute Gasteiger partial charge is 0.110 e. The zero-order valence-electron chi connectivity index (χ0n) is 11.6. The monoisotopic (exact) mass is 243 g/mol. The summed E-state index contributed by atoms with van der Waals surface area (Å²) in [5.41, 5.74) is 4.00. The average Bonchev–Trinajstić information content (AvgIpc) is 2.75. The molecular formula is C15H21N3. The Kier molecular flexibility index (Phi) is 3.82. The lowest BCUT2D eigenvalue weighted by Gasteiger charge is -2.17. The van der Waals surface area contributed by atoms with Gasteiger partial charge in [-0.15, -0.1) is 0 Å². The van der Waals surface area contributed by atoms with Crippen LogP contribution in [0.25, 0.3) is 0 Å². The first-order valence-electron chi connectivity index (χ1n) is 6.32. The van der Waals surface area contributed by atoms with E-state index in [9.17, 15) is 0 Å². The summed E-state index contributed by atoms with van der Waals surface area (Å²) in [5, 5.41) is 3.38. The fraction of sp³-hybridized carbons (Fsp3) is 0.400. The number of nitrogens with one attached hydrogen (secondary N) is 1. The van der Waals surface area contributed by atoms with Crippen LogP contribution in [0.15, 0.2) is 30.6 Å². The van der Waals surface area contributed by atoms with Crippen LogP contribution in [0.3, 0.4) is 0 Å². The quantitative estimate of drug-likeness (QED) is 0.894. The van der Waals surface area contributed by atoms with Gasteiger partial charge in [0.2, 0.25) is 0 Å². The van der Waals surface area contributed by atoms with Gasteiger partial charge in [0.25, 0.3) is 0 Å². The summed E-state index contributed by atoms with van der Waals surface area (Å²) in [6.07, 6.45) is 4.74. The topological polar surface area (TPSA) is 29.9 Å². The lowest BCUT2D eigenvalue weighted by Crippen LogP contribution is -2.20. The van der Waals surface area contributed by atoms with E-state index in [4.69, 9.17) is 0 Å². The van der Waals surface area contributed by atoms with Crippen LogP contribution >= 0.6 is 0 Å². The lowest BCUT2D eigenvalue weighted by atomic mass is 9.99. The molecule has 0 saturated heterocycles. The molecule has 0 saturated carbocycles. The number of aromatic nitrogens is 2. The number of aryl methyl sites for hydroxylation is 3. The Morgan fingerprint density at radius 3 is 2.61 bits per heavy atom. The predicted octanol–water partition coefficient (Wildman–Crippen LogP) is 2.54. The molecule has 0 bridgehead atoms. The first-order valence-corrected chi connectivity index (χ1v) is 6.32. The van der Waals surface area contributed by atoms with Gasteiger partial charge in [-0.3, -0.25) is 0 Å². The Hall–Kier alpha value is -1.61. The Balaban J connectivity index is 2.23. The maximum Gasteiger partial charge on any atom is 0.110 e. The number of hydrogen-bond acceptors (Lipinski definition) is 2. The van der Waals surface area contributed by atoms with Gasteiger partial charge < -0.3 is 9.88 Å². The Morgan fingerprint density at radius 1 is 1.28 bits per heavy atom. The van der Waals surface area contributed by atoms with Crippen molar-refractivity contribution in [3.8, 4) is 0 Å². The maximum atomic E-state index is 4.39. The third-order valence-electron chi connectivity index (χ3n) is 3.59. The number of rotatable bonds is 4. The van der Waals surface area contributed by atoms with Crippen LogP contribution in [0.2, 0.25) is 0 Å². The molecule has 2 rings (SSSR count). The van der Waals surface area contributed by atoms with Gasteiger partial charge in [-0.25, -0.2) is 4.98 Å². The number of nitrogens with zero attached hydrogens (tertiary/aromatic N) is 2. The standard InChI is InChI=1S/C15H21N3/c1-11-5-6-13(9-12(11)2)14(16-3)10-15-17-7-8-18(15)4/h5-9,14,16H,10H2,1-4H3. The molecule has 0 fully saturated rings. The summed E-state index contributed by atoms with van der Waals surface area (Å²) in [6, 6.07) is 6.96. The Bertz CT molecular complexity index is 528. The molecule has 3 nitrogen and oxygen atoms in total. The van der Waals surface area contributed by atoms with Crippen LogP contribution in [0, 0.1) is 13.8 Å². The molecule has 1 aromatic heterocycles. The molecule has 1 atom stereocenters. The van der Waals surface area contributed by atoms with Crippen molar-refractivity contribution in [2.45, 2.75) is 26.3 Å². The van der Waals surface area contributed by atoms with E-state index in [2.05, 4.69) is 46.9 Å². The summed E-state index contributed by atoms with van der Waals surface area (Å²) in [6.45, 7) is 4.30. The molecule has 2 aromatic rings. The van der Waals surface area contributed by atoms with E-state index in [0.29, 0.717) is 6.04 Å². The summed E-state index contributed by atoms with van der Waals surface area (Å²) in [5.74, 6) is 1.10. The van der Waals surface area contributed by atoms with Crippen molar-refractivity contribution in [2.24, 2.45) is 7.05 Å². The van der Waals surface area contributed by atoms with E-state index in [1.807, 2.05) is 26.5 Å².